The highest BCUT2D eigenvalue weighted by molar-refractivity contribution is 9.10. The molecule has 0 atom stereocenters. The molecule has 0 saturated carbocycles. The lowest BCUT2D eigenvalue weighted by atomic mass is 9.99. The number of hydrogen-bond acceptors (Lipinski definition) is 3. The first kappa shape index (κ1) is 11.1. The van der Waals surface area contributed by atoms with Crippen molar-refractivity contribution < 1.29 is 0 Å². The van der Waals surface area contributed by atoms with E-state index >= 15 is 0 Å². The quantitative estimate of drug-likeness (QED) is 0.834. The fourth-order valence-corrected chi connectivity index (χ4v) is 3.37. The molecule has 4 heteroatoms. The smallest absolute Gasteiger partial charge is 0.0656 e. The molecule has 0 unspecified atom stereocenters. The van der Waals surface area contributed by atoms with Crippen LogP contribution in [0.1, 0.15) is 17.7 Å². The van der Waals surface area contributed by atoms with Gasteiger partial charge in [0.15, 0.2) is 0 Å². The molecule has 0 radical (unpaired) electrons. The standard InChI is InChI=1S/C11H13BrN2S/c12-10-5-11(15-8-10)7-14-3-1-9(6-13)2-4-14/h5,8-9H,1-4,7H2. The second-order valence-electron chi connectivity index (χ2n) is 3.91. The zero-order valence-electron chi connectivity index (χ0n) is 8.45. The van der Waals surface area contributed by atoms with Crippen LogP contribution in [0.5, 0.6) is 0 Å². The zero-order chi connectivity index (χ0) is 10.7. The third-order valence-corrected chi connectivity index (χ3v) is 4.45. The summed E-state index contributed by atoms with van der Waals surface area (Å²) in [6.07, 6.45) is 2.06. The second-order valence-corrected chi connectivity index (χ2v) is 5.82. The van der Waals surface area contributed by atoms with Crippen LogP contribution in [0.15, 0.2) is 15.9 Å². The maximum atomic E-state index is 8.80. The molecule has 0 aliphatic carbocycles. The molecule has 0 bridgehead atoms. The van der Waals surface area contributed by atoms with E-state index in [1.165, 1.54) is 9.35 Å². The maximum Gasteiger partial charge on any atom is 0.0656 e. The molecule has 2 rings (SSSR count). The van der Waals surface area contributed by atoms with E-state index in [1.807, 2.05) is 0 Å². The summed E-state index contributed by atoms with van der Waals surface area (Å²) in [7, 11) is 0. The minimum absolute atomic E-state index is 0.288. The topological polar surface area (TPSA) is 27.0 Å². The van der Waals surface area contributed by atoms with Gasteiger partial charge in [0.1, 0.15) is 0 Å². The number of nitrogens with zero attached hydrogens (tertiary/aromatic N) is 2. The van der Waals surface area contributed by atoms with Gasteiger partial charge in [-0.25, -0.2) is 0 Å². The van der Waals surface area contributed by atoms with E-state index < -0.39 is 0 Å². The van der Waals surface area contributed by atoms with E-state index in [0.29, 0.717) is 0 Å². The number of piperidine rings is 1. The molecule has 0 spiro atoms. The van der Waals surface area contributed by atoms with E-state index in [-0.39, 0.29) is 5.92 Å². The Morgan fingerprint density at radius 2 is 2.27 bits per heavy atom. The minimum atomic E-state index is 0.288. The average molecular weight is 285 g/mol. The van der Waals surface area contributed by atoms with Crippen LogP contribution < -0.4 is 0 Å². The molecule has 1 aromatic heterocycles. The minimum Gasteiger partial charge on any atom is -0.298 e. The van der Waals surface area contributed by atoms with Crippen LogP contribution in [0.2, 0.25) is 0 Å². The largest absolute Gasteiger partial charge is 0.298 e. The molecule has 1 fully saturated rings. The number of hydrogen-bond donors (Lipinski definition) is 0. The summed E-state index contributed by atoms with van der Waals surface area (Å²) in [5.41, 5.74) is 0. The summed E-state index contributed by atoms with van der Waals surface area (Å²) < 4.78 is 1.18. The molecule has 0 aromatic carbocycles. The van der Waals surface area contributed by atoms with Gasteiger partial charge in [-0.1, -0.05) is 0 Å². The van der Waals surface area contributed by atoms with Crippen molar-refractivity contribution in [2.24, 2.45) is 5.92 Å². The van der Waals surface area contributed by atoms with Gasteiger partial charge >= 0.3 is 0 Å². The second kappa shape index (κ2) is 5.11. The SMILES string of the molecule is N#CC1CCN(Cc2cc(Br)cs2)CC1. The van der Waals surface area contributed by atoms with E-state index in [2.05, 4.69) is 38.3 Å². The summed E-state index contributed by atoms with van der Waals surface area (Å²) in [6, 6.07) is 4.54. The molecule has 80 valence electrons. The van der Waals surface area contributed by atoms with Crippen LogP contribution in [-0.2, 0) is 6.54 Å². The van der Waals surface area contributed by atoms with Crippen molar-refractivity contribution >= 4 is 27.3 Å². The van der Waals surface area contributed by atoms with Gasteiger partial charge in [-0.15, -0.1) is 11.3 Å². The molecule has 2 heterocycles. The van der Waals surface area contributed by atoms with Crippen molar-refractivity contribution in [2.45, 2.75) is 19.4 Å². The molecule has 0 amide bonds. The Labute approximate surface area is 103 Å². The van der Waals surface area contributed by atoms with Crippen molar-refractivity contribution in [1.82, 2.24) is 4.90 Å². The highest BCUT2D eigenvalue weighted by atomic mass is 79.9. The van der Waals surface area contributed by atoms with Crippen LogP contribution >= 0.6 is 27.3 Å². The monoisotopic (exact) mass is 284 g/mol. The Morgan fingerprint density at radius 1 is 1.53 bits per heavy atom. The summed E-state index contributed by atoms with van der Waals surface area (Å²) in [6.45, 7) is 3.16. The molecule has 1 aliphatic heterocycles. The van der Waals surface area contributed by atoms with E-state index in [9.17, 15) is 0 Å². The molecular weight excluding hydrogens is 272 g/mol. The van der Waals surface area contributed by atoms with Crippen LogP contribution in [0.25, 0.3) is 0 Å². The molecule has 15 heavy (non-hydrogen) atoms. The van der Waals surface area contributed by atoms with E-state index in [4.69, 9.17) is 5.26 Å². The number of halogens is 1. The van der Waals surface area contributed by atoms with Crippen LogP contribution in [-0.4, -0.2) is 18.0 Å². The Hall–Kier alpha value is -0.370. The van der Waals surface area contributed by atoms with Crippen molar-refractivity contribution in [3.8, 4) is 6.07 Å². The highest BCUT2D eigenvalue weighted by Gasteiger charge is 2.18. The Balaban J connectivity index is 1.85. The fourth-order valence-electron chi connectivity index (χ4n) is 1.88. The van der Waals surface area contributed by atoms with Crippen molar-refractivity contribution in [3.63, 3.8) is 0 Å². The van der Waals surface area contributed by atoms with E-state index in [1.54, 1.807) is 11.3 Å². The number of likely N-dealkylation sites (tertiary alicyclic amines) is 1. The van der Waals surface area contributed by atoms with Gasteiger partial charge in [0.05, 0.1) is 6.07 Å². The highest BCUT2D eigenvalue weighted by Crippen LogP contribution is 2.23. The van der Waals surface area contributed by atoms with Crippen molar-refractivity contribution in [2.75, 3.05) is 13.1 Å². The average Bonchev–Trinajstić information content (AvgIpc) is 2.65. The maximum absolute atomic E-state index is 8.80. The first-order valence-corrected chi connectivity index (χ1v) is 6.80. The predicted octanol–water partition coefficient (Wildman–Crippen LogP) is 3.25. The summed E-state index contributed by atoms with van der Waals surface area (Å²) in [4.78, 5) is 3.84. The van der Waals surface area contributed by atoms with Gasteiger partial charge in [-0.3, -0.25) is 4.90 Å². The number of thiophene rings is 1. The summed E-state index contributed by atoms with van der Waals surface area (Å²) >= 11 is 5.26. The normalized spacial score (nSPS) is 18.9. The van der Waals surface area contributed by atoms with E-state index in [0.717, 1.165) is 32.5 Å². The Bertz CT molecular complexity index is 361. The molecule has 0 N–H and O–H groups in total. The summed E-state index contributed by atoms with van der Waals surface area (Å²) in [5.74, 6) is 0.288. The number of nitriles is 1. The molecule has 2 nitrogen and oxygen atoms in total. The van der Waals surface area contributed by atoms with Crippen molar-refractivity contribution in [1.29, 1.82) is 5.26 Å². The van der Waals surface area contributed by atoms with Crippen molar-refractivity contribution in [3.05, 3.63) is 20.8 Å². The van der Waals surface area contributed by atoms with Gasteiger partial charge < -0.3 is 0 Å². The molecule has 1 aromatic rings. The first-order valence-electron chi connectivity index (χ1n) is 5.13. The predicted molar refractivity (Wildman–Crippen MR) is 65.6 cm³/mol. The Morgan fingerprint density at radius 3 is 2.80 bits per heavy atom. The summed E-state index contributed by atoms with van der Waals surface area (Å²) in [5, 5.41) is 10.9. The number of rotatable bonds is 2. The van der Waals surface area contributed by atoms with Crippen LogP contribution in [0, 0.1) is 17.2 Å². The molecular formula is C11H13BrN2S. The van der Waals surface area contributed by atoms with Gasteiger partial charge in [0.25, 0.3) is 0 Å². The third-order valence-electron chi connectivity index (χ3n) is 2.77. The van der Waals surface area contributed by atoms with Crippen LogP contribution in [0.4, 0.5) is 0 Å². The van der Waals surface area contributed by atoms with Gasteiger partial charge in [-0.2, -0.15) is 5.26 Å². The van der Waals surface area contributed by atoms with Gasteiger partial charge in [0, 0.05) is 27.2 Å². The lowest BCUT2D eigenvalue weighted by Gasteiger charge is -2.28. The first-order chi connectivity index (χ1) is 7.28. The fraction of sp³-hybridized carbons (Fsp3) is 0.545. The third kappa shape index (κ3) is 3.04. The molecule has 1 saturated heterocycles. The zero-order valence-corrected chi connectivity index (χ0v) is 10.9. The Kier molecular flexibility index (Phi) is 3.79. The van der Waals surface area contributed by atoms with Crippen LogP contribution in [0.3, 0.4) is 0 Å². The molecule has 1 aliphatic rings. The lowest BCUT2D eigenvalue weighted by Crippen LogP contribution is -2.32. The lowest BCUT2D eigenvalue weighted by molar-refractivity contribution is 0.199. The van der Waals surface area contributed by atoms with Gasteiger partial charge in [0.2, 0.25) is 0 Å². The van der Waals surface area contributed by atoms with Gasteiger partial charge in [-0.05, 0) is 47.9 Å².